The molecule has 1 heterocycles. The predicted molar refractivity (Wildman–Crippen MR) is 79.3 cm³/mol. The number of aromatic nitrogens is 2. The van der Waals surface area contributed by atoms with Gasteiger partial charge in [0.25, 0.3) is 0 Å². The second kappa shape index (κ2) is 6.20. The Morgan fingerprint density at radius 1 is 1.25 bits per heavy atom. The highest BCUT2D eigenvalue weighted by atomic mass is 32.2. The van der Waals surface area contributed by atoms with Gasteiger partial charge >= 0.3 is 5.97 Å². The van der Waals surface area contributed by atoms with Crippen molar-refractivity contribution in [2.24, 2.45) is 0 Å². The van der Waals surface area contributed by atoms with E-state index < -0.39 is 5.97 Å². The highest BCUT2D eigenvalue weighted by molar-refractivity contribution is 7.99. The maximum Gasteiger partial charge on any atom is 0.313 e. The Balaban J connectivity index is 1.81. The Labute approximate surface area is 123 Å². The molecule has 0 radical (unpaired) electrons. The topological polar surface area (TPSA) is 55.1 Å². The van der Waals surface area contributed by atoms with Crippen molar-refractivity contribution in [3.05, 3.63) is 11.8 Å². The van der Waals surface area contributed by atoms with Gasteiger partial charge in [-0.2, -0.15) is 5.10 Å². The minimum absolute atomic E-state index is 0.127. The van der Waals surface area contributed by atoms with Crippen molar-refractivity contribution >= 4 is 17.7 Å². The van der Waals surface area contributed by atoms with Gasteiger partial charge in [0.15, 0.2) is 0 Å². The standard InChI is InChI=1S/C15H22N2O2S/c18-15(19)10-20-14-9-13(11-5-1-2-6-11)16-17(14)12-7-3-4-8-12/h9,11-12H,1-8,10H2,(H,18,19). The largest absolute Gasteiger partial charge is 0.481 e. The molecule has 110 valence electrons. The van der Waals surface area contributed by atoms with Crippen molar-refractivity contribution in [1.82, 2.24) is 9.78 Å². The monoisotopic (exact) mass is 294 g/mol. The van der Waals surface area contributed by atoms with Gasteiger partial charge in [0.05, 0.1) is 22.5 Å². The summed E-state index contributed by atoms with van der Waals surface area (Å²) >= 11 is 1.42. The van der Waals surface area contributed by atoms with Crippen molar-refractivity contribution in [3.63, 3.8) is 0 Å². The summed E-state index contributed by atoms with van der Waals surface area (Å²) in [5.74, 6) is -0.0267. The summed E-state index contributed by atoms with van der Waals surface area (Å²) in [4.78, 5) is 10.8. The number of carboxylic acid groups (broad SMARTS) is 1. The quantitative estimate of drug-likeness (QED) is 0.838. The Morgan fingerprint density at radius 3 is 2.55 bits per heavy atom. The van der Waals surface area contributed by atoms with Crippen LogP contribution in [0.1, 0.15) is 69.0 Å². The molecule has 0 spiro atoms. The van der Waals surface area contributed by atoms with E-state index in [0.29, 0.717) is 12.0 Å². The van der Waals surface area contributed by atoms with Crippen LogP contribution in [-0.4, -0.2) is 26.6 Å². The van der Waals surface area contributed by atoms with Crippen LogP contribution in [0, 0.1) is 0 Å². The van der Waals surface area contributed by atoms with Gasteiger partial charge in [-0.1, -0.05) is 37.4 Å². The first-order valence-electron chi connectivity index (χ1n) is 7.68. The van der Waals surface area contributed by atoms with E-state index in [4.69, 9.17) is 10.2 Å². The van der Waals surface area contributed by atoms with Crippen LogP contribution in [0.3, 0.4) is 0 Å². The molecule has 3 rings (SSSR count). The summed E-state index contributed by atoms with van der Waals surface area (Å²) < 4.78 is 2.13. The molecule has 0 amide bonds. The second-order valence-electron chi connectivity index (χ2n) is 5.95. The lowest BCUT2D eigenvalue weighted by atomic mass is 10.1. The lowest BCUT2D eigenvalue weighted by molar-refractivity contribution is -0.133. The number of hydrogen-bond acceptors (Lipinski definition) is 3. The number of nitrogens with zero attached hydrogens (tertiary/aromatic N) is 2. The average Bonchev–Trinajstić information content (AvgIpc) is 3.15. The third kappa shape index (κ3) is 3.03. The maximum absolute atomic E-state index is 10.8. The van der Waals surface area contributed by atoms with Gasteiger partial charge in [0.2, 0.25) is 0 Å². The number of hydrogen-bond donors (Lipinski definition) is 1. The molecule has 20 heavy (non-hydrogen) atoms. The lowest BCUT2D eigenvalue weighted by Gasteiger charge is -2.13. The number of rotatable bonds is 5. The highest BCUT2D eigenvalue weighted by Crippen LogP contribution is 2.38. The van der Waals surface area contributed by atoms with E-state index in [2.05, 4.69) is 10.7 Å². The van der Waals surface area contributed by atoms with E-state index >= 15 is 0 Å². The molecule has 0 saturated heterocycles. The fourth-order valence-electron chi connectivity index (χ4n) is 3.47. The summed E-state index contributed by atoms with van der Waals surface area (Å²) in [6, 6.07) is 2.64. The zero-order valence-electron chi connectivity index (χ0n) is 11.8. The fourth-order valence-corrected chi connectivity index (χ4v) is 4.27. The summed E-state index contributed by atoms with van der Waals surface area (Å²) in [6.07, 6.45) is 10.0. The van der Waals surface area contributed by atoms with Gasteiger partial charge in [-0.3, -0.25) is 9.48 Å². The number of aliphatic carboxylic acids is 1. The molecule has 1 aromatic rings. The van der Waals surface area contributed by atoms with Crippen molar-refractivity contribution in [1.29, 1.82) is 0 Å². The minimum Gasteiger partial charge on any atom is -0.481 e. The van der Waals surface area contributed by atoms with Gasteiger partial charge in [-0.25, -0.2) is 0 Å². The molecular weight excluding hydrogens is 272 g/mol. The number of carbonyl (C=O) groups is 1. The molecule has 1 N–H and O–H groups in total. The van der Waals surface area contributed by atoms with Crippen molar-refractivity contribution in [2.45, 2.75) is 68.4 Å². The summed E-state index contributed by atoms with van der Waals surface area (Å²) in [6.45, 7) is 0. The molecule has 1 aromatic heterocycles. The van der Waals surface area contributed by atoms with E-state index in [1.807, 2.05) is 0 Å². The van der Waals surface area contributed by atoms with Gasteiger partial charge in [-0.05, 0) is 31.7 Å². The zero-order chi connectivity index (χ0) is 13.9. The second-order valence-corrected chi connectivity index (χ2v) is 6.95. The number of carboxylic acids is 1. The van der Waals surface area contributed by atoms with Crippen LogP contribution in [0.5, 0.6) is 0 Å². The molecule has 0 bridgehead atoms. The van der Waals surface area contributed by atoms with E-state index in [0.717, 1.165) is 5.03 Å². The van der Waals surface area contributed by atoms with Gasteiger partial charge in [0, 0.05) is 5.92 Å². The molecule has 0 atom stereocenters. The first kappa shape index (κ1) is 14.0. The van der Waals surface area contributed by atoms with Crippen LogP contribution < -0.4 is 0 Å². The van der Waals surface area contributed by atoms with E-state index in [1.54, 1.807) is 0 Å². The van der Waals surface area contributed by atoms with Crippen molar-refractivity contribution < 1.29 is 9.90 Å². The van der Waals surface area contributed by atoms with E-state index in [1.165, 1.54) is 68.8 Å². The van der Waals surface area contributed by atoms with Gasteiger partial charge in [-0.15, -0.1) is 0 Å². The van der Waals surface area contributed by atoms with Crippen LogP contribution >= 0.6 is 11.8 Å². The van der Waals surface area contributed by atoms with Crippen LogP contribution in [0.25, 0.3) is 0 Å². The normalized spacial score (nSPS) is 20.8. The Bertz CT molecular complexity index is 474. The van der Waals surface area contributed by atoms with Crippen LogP contribution in [0.15, 0.2) is 11.1 Å². The third-order valence-corrected chi connectivity index (χ3v) is 5.50. The van der Waals surface area contributed by atoms with Crippen molar-refractivity contribution in [2.75, 3.05) is 5.75 Å². The minimum atomic E-state index is -0.753. The lowest BCUT2D eigenvalue weighted by Crippen LogP contribution is -2.09. The van der Waals surface area contributed by atoms with E-state index in [9.17, 15) is 4.79 Å². The predicted octanol–water partition coefficient (Wildman–Crippen LogP) is 3.83. The Kier molecular flexibility index (Phi) is 4.34. The molecule has 5 heteroatoms. The molecule has 0 unspecified atom stereocenters. The molecule has 2 aliphatic rings. The SMILES string of the molecule is O=C(O)CSc1cc(C2CCCC2)nn1C1CCCC1. The van der Waals surface area contributed by atoms with Crippen LogP contribution in [-0.2, 0) is 4.79 Å². The van der Waals surface area contributed by atoms with Gasteiger partial charge < -0.3 is 5.11 Å². The summed E-state index contributed by atoms with van der Waals surface area (Å²) in [5.41, 5.74) is 1.20. The first-order chi connectivity index (χ1) is 9.74. The molecule has 2 saturated carbocycles. The van der Waals surface area contributed by atoms with Crippen LogP contribution in [0.4, 0.5) is 0 Å². The molecule has 2 fully saturated rings. The van der Waals surface area contributed by atoms with E-state index in [-0.39, 0.29) is 5.75 Å². The Morgan fingerprint density at radius 2 is 1.90 bits per heavy atom. The highest BCUT2D eigenvalue weighted by Gasteiger charge is 2.25. The number of thioether (sulfide) groups is 1. The average molecular weight is 294 g/mol. The maximum atomic E-state index is 10.8. The zero-order valence-corrected chi connectivity index (χ0v) is 12.6. The Hall–Kier alpha value is -0.970. The third-order valence-electron chi connectivity index (χ3n) is 4.51. The van der Waals surface area contributed by atoms with Crippen molar-refractivity contribution in [3.8, 4) is 0 Å². The summed E-state index contributed by atoms with van der Waals surface area (Å²) in [5, 5.41) is 14.8. The fraction of sp³-hybridized carbons (Fsp3) is 0.733. The molecule has 0 aliphatic heterocycles. The molecular formula is C15H22N2O2S. The summed E-state index contributed by atoms with van der Waals surface area (Å²) in [7, 11) is 0. The first-order valence-corrected chi connectivity index (χ1v) is 8.66. The van der Waals surface area contributed by atoms with Gasteiger partial charge in [0.1, 0.15) is 0 Å². The molecule has 0 aromatic carbocycles. The van der Waals surface area contributed by atoms with Crippen LogP contribution in [0.2, 0.25) is 0 Å². The molecule has 4 nitrogen and oxygen atoms in total. The molecule has 2 aliphatic carbocycles. The smallest absolute Gasteiger partial charge is 0.313 e.